The second-order valence-corrected chi connectivity index (χ2v) is 5.46. The molecule has 0 aliphatic carbocycles. The van der Waals surface area contributed by atoms with Crippen LogP contribution in [0.3, 0.4) is 0 Å². The Hall–Kier alpha value is -2.95. The average Bonchev–Trinajstić information content (AvgIpc) is 2.88. The first-order valence-electron chi connectivity index (χ1n) is 7.40. The van der Waals surface area contributed by atoms with Crippen molar-refractivity contribution < 1.29 is 4.79 Å². The number of hydrogen-bond donors (Lipinski definition) is 1. The van der Waals surface area contributed by atoms with Gasteiger partial charge in [0.05, 0.1) is 12.0 Å². The van der Waals surface area contributed by atoms with Gasteiger partial charge >= 0.3 is 0 Å². The summed E-state index contributed by atoms with van der Waals surface area (Å²) in [6, 6.07) is 11.3. The van der Waals surface area contributed by atoms with Crippen molar-refractivity contribution in [1.29, 1.82) is 0 Å². The van der Waals surface area contributed by atoms with E-state index in [1.54, 1.807) is 12.5 Å². The van der Waals surface area contributed by atoms with Gasteiger partial charge < -0.3 is 9.88 Å². The lowest BCUT2D eigenvalue weighted by atomic mass is 10.2. The highest BCUT2D eigenvalue weighted by Gasteiger charge is 2.10. The van der Waals surface area contributed by atoms with E-state index in [9.17, 15) is 4.79 Å². The van der Waals surface area contributed by atoms with Crippen molar-refractivity contribution in [2.75, 3.05) is 5.32 Å². The minimum Gasteiger partial charge on any atom is -0.321 e. The average molecular weight is 306 g/mol. The SMILES string of the molecule is Cc1cccnc1C(=O)Nc1ccc(-n2cnc(C)c2C)cc1. The maximum absolute atomic E-state index is 12.3. The fourth-order valence-corrected chi connectivity index (χ4v) is 2.38. The Morgan fingerprint density at radius 2 is 1.78 bits per heavy atom. The Balaban J connectivity index is 1.79. The predicted octanol–water partition coefficient (Wildman–Crippen LogP) is 3.44. The van der Waals surface area contributed by atoms with Gasteiger partial charge in [-0.1, -0.05) is 6.07 Å². The molecule has 5 nitrogen and oxygen atoms in total. The van der Waals surface area contributed by atoms with E-state index in [-0.39, 0.29) is 5.91 Å². The zero-order chi connectivity index (χ0) is 16.4. The highest BCUT2D eigenvalue weighted by molar-refractivity contribution is 6.03. The molecule has 23 heavy (non-hydrogen) atoms. The summed E-state index contributed by atoms with van der Waals surface area (Å²) in [4.78, 5) is 20.7. The largest absolute Gasteiger partial charge is 0.321 e. The van der Waals surface area contributed by atoms with E-state index in [4.69, 9.17) is 0 Å². The molecule has 0 saturated heterocycles. The highest BCUT2D eigenvalue weighted by atomic mass is 16.1. The number of carbonyl (C=O) groups is 1. The molecule has 2 heterocycles. The molecule has 0 radical (unpaired) electrons. The molecule has 1 aromatic carbocycles. The number of benzene rings is 1. The molecule has 0 aliphatic rings. The van der Waals surface area contributed by atoms with Crippen LogP contribution < -0.4 is 5.32 Å². The first-order valence-corrected chi connectivity index (χ1v) is 7.40. The number of amides is 1. The van der Waals surface area contributed by atoms with Crippen LogP contribution in [0.15, 0.2) is 48.9 Å². The fourth-order valence-electron chi connectivity index (χ4n) is 2.38. The molecule has 5 heteroatoms. The van der Waals surface area contributed by atoms with E-state index in [0.29, 0.717) is 5.69 Å². The topological polar surface area (TPSA) is 59.8 Å². The standard InChI is InChI=1S/C18H18N4O/c1-12-5-4-10-19-17(12)18(23)21-15-6-8-16(9-7-15)22-11-20-13(2)14(22)3/h4-11H,1-3H3,(H,21,23). The summed E-state index contributed by atoms with van der Waals surface area (Å²) >= 11 is 0. The lowest BCUT2D eigenvalue weighted by Crippen LogP contribution is -2.15. The lowest BCUT2D eigenvalue weighted by Gasteiger charge is -2.09. The number of nitrogens with zero attached hydrogens (tertiary/aromatic N) is 3. The number of carbonyl (C=O) groups excluding carboxylic acids is 1. The van der Waals surface area contributed by atoms with E-state index in [1.807, 2.05) is 61.7 Å². The first-order chi connectivity index (χ1) is 11.1. The highest BCUT2D eigenvalue weighted by Crippen LogP contribution is 2.17. The molecule has 2 aromatic heterocycles. The minimum absolute atomic E-state index is 0.203. The minimum atomic E-state index is -0.203. The van der Waals surface area contributed by atoms with Gasteiger partial charge in [0, 0.05) is 23.3 Å². The summed E-state index contributed by atoms with van der Waals surface area (Å²) in [5.41, 5.74) is 5.15. The second kappa shape index (κ2) is 6.04. The summed E-state index contributed by atoms with van der Waals surface area (Å²) in [5, 5.41) is 2.87. The molecule has 3 aromatic rings. The number of rotatable bonds is 3. The maximum Gasteiger partial charge on any atom is 0.274 e. The number of anilines is 1. The van der Waals surface area contributed by atoms with Gasteiger partial charge in [0.2, 0.25) is 0 Å². The van der Waals surface area contributed by atoms with Crippen LogP contribution >= 0.6 is 0 Å². The monoisotopic (exact) mass is 306 g/mol. The Kier molecular flexibility index (Phi) is 3.93. The van der Waals surface area contributed by atoms with Gasteiger partial charge in [0.1, 0.15) is 5.69 Å². The third-order valence-electron chi connectivity index (χ3n) is 3.88. The fraction of sp³-hybridized carbons (Fsp3) is 0.167. The van der Waals surface area contributed by atoms with E-state index in [2.05, 4.69) is 15.3 Å². The Bertz CT molecular complexity index is 850. The van der Waals surface area contributed by atoms with E-state index < -0.39 is 0 Å². The lowest BCUT2D eigenvalue weighted by molar-refractivity contribution is 0.102. The van der Waals surface area contributed by atoms with E-state index in [0.717, 1.165) is 28.3 Å². The smallest absolute Gasteiger partial charge is 0.274 e. The van der Waals surface area contributed by atoms with Crippen LogP contribution in [-0.4, -0.2) is 20.4 Å². The number of aryl methyl sites for hydroxylation is 2. The summed E-state index contributed by atoms with van der Waals surface area (Å²) in [6.45, 7) is 5.88. The molecule has 0 saturated carbocycles. The van der Waals surface area contributed by atoms with Crippen LogP contribution in [0.4, 0.5) is 5.69 Å². The van der Waals surface area contributed by atoms with Crippen LogP contribution in [0.5, 0.6) is 0 Å². The number of aromatic nitrogens is 3. The van der Waals surface area contributed by atoms with E-state index >= 15 is 0 Å². The molecular formula is C18H18N4O. The number of pyridine rings is 1. The molecule has 1 N–H and O–H groups in total. The molecule has 1 amide bonds. The quantitative estimate of drug-likeness (QED) is 0.806. The van der Waals surface area contributed by atoms with Crippen molar-refractivity contribution >= 4 is 11.6 Å². The molecule has 0 unspecified atom stereocenters. The molecule has 0 spiro atoms. The first kappa shape index (κ1) is 15.0. The number of imidazole rings is 1. The van der Waals surface area contributed by atoms with Crippen molar-refractivity contribution in [3.8, 4) is 5.69 Å². The number of hydrogen-bond acceptors (Lipinski definition) is 3. The van der Waals surface area contributed by atoms with Crippen LogP contribution in [0, 0.1) is 20.8 Å². The van der Waals surface area contributed by atoms with Crippen molar-refractivity contribution in [2.45, 2.75) is 20.8 Å². The van der Waals surface area contributed by atoms with E-state index in [1.165, 1.54) is 0 Å². The van der Waals surface area contributed by atoms with Gasteiger partial charge in [-0.05, 0) is 56.7 Å². The second-order valence-electron chi connectivity index (χ2n) is 5.46. The van der Waals surface area contributed by atoms with Crippen molar-refractivity contribution in [1.82, 2.24) is 14.5 Å². The van der Waals surface area contributed by atoms with Gasteiger partial charge in [-0.2, -0.15) is 0 Å². The van der Waals surface area contributed by atoms with Crippen molar-refractivity contribution in [3.63, 3.8) is 0 Å². The van der Waals surface area contributed by atoms with Gasteiger partial charge in [-0.3, -0.25) is 9.78 Å². The maximum atomic E-state index is 12.3. The zero-order valence-corrected chi connectivity index (χ0v) is 13.4. The van der Waals surface area contributed by atoms with Crippen molar-refractivity contribution in [2.24, 2.45) is 0 Å². The Morgan fingerprint density at radius 1 is 1.04 bits per heavy atom. The molecule has 0 bridgehead atoms. The molecule has 0 atom stereocenters. The molecular weight excluding hydrogens is 288 g/mol. The molecule has 0 aliphatic heterocycles. The Labute approximate surface area is 135 Å². The third kappa shape index (κ3) is 2.99. The molecule has 3 rings (SSSR count). The van der Waals surface area contributed by atoms with Crippen LogP contribution in [0.25, 0.3) is 5.69 Å². The third-order valence-corrected chi connectivity index (χ3v) is 3.88. The summed E-state index contributed by atoms with van der Waals surface area (Å²) in [5.74, 6) is -0.203. The van der Waals surface area contributed by atoms with Crippen molar-refractivity contribution in [3.05, 3.63) is 71.6 Å². The normalized spacial score (nSPS) is 10.6. The van der Waals surface area contributed by atoms with Crippen LogP contribution in [0.1, 0.15) is 27.4 Å². The van der Waals surface area contributed by atoms with Gasteiger partial charge in [-0.15, -0.1) is 0 Å². The Morgan fingerprint density at radius 3 is 2.39 bits per heavy atom. The summed E-state index contributed by atoms with van der Waals surface area (Å²) < 4.78 is 2.02. The zero-order valence-electron chi connectivity index (χ0n) is 13.4. The van der Waals surface area contributed by atoms with Gasteiger partial charge in [0.25, 0.3) is 5.91 Å². The molecule has 116 valence electrons. The summed E-state index contributed by atoms with van der Waals surface area (Å²) in [7, 11) is 0. The summed E-state index contributed by atoms with van der Waals surface area (Å²) in [6.07, 6.45) is 3.42. The van der Waals surface area contributed by atoms with Crippen LogP contribution in [-0.2, 0) is 0 Å². The predicted molar refractivity (Wildman–Crippen MR) is 90.0 cm³/mol. The van der Waals surface area contributed by atoms with Gasteiger partial charge in [0.15, 0.2) is 0 Å². The number of nitrogens with one attached hydrogen (secondary N) is 1. The van der Waals surface area contributed by atoms with Crippen LogP contribution in [0.2, 0.25) is 0 Å². The molecule has 0 fully saturated rings. The van der Waals surface area contributed by atoms with Gasteiger partial charge in [-0.25, -0.2) is 4.98 Å².